The van der Waals surface area contributed by atoms with Crippen LogP contribution in [-0.4, -0.2) is 17.7 Å². The summed E-state index contributed by atoms with van der Waals surface area (Å²) >= 11 is 4.19. The van der Waals surface area contributed by atoms with Crippen molar-refractivity contribution in [1.82, 2.24) is 0 Å². The summed E-state index contributed by atoms with van der Waals surface area (Å²) in [6.45, 7) is 2.17. The Hall–Kier alpha value is -0.743. The first-order valence-electron chi connectivity index (χ1n) is 5.63. The van der Waals surface area contributed by atoms with Gasteiger partial charge in [-0.2, -0.15) is 0 Å². The molecule has 0 saturated carbocycles. The van der Waals surface area contributed by atoms with E-state index >= 15 is 0 Å². The van der Waals surface area contributed by atoms with Crippen molar-refractivity contribution in [3.8, 4) is 0 Å². The molecular formula is C14H11LiS. The van der Waals surface area contributed by atoms with Gasteiger partial charge in [-0.1, -0.05) is 0 Å². The van der Waals surface area contributed by atoms with Crippen LogP contribution in [0, 0.1) is 6.92 Å². The summed E-state index contributed by atoms with van der Waals surface area (Å²) in [5.74, 6) is 0. The van der Waals surface area contributed by atoms with Crippen molar-refractivity contribution in [2.24, 2.45) is 0 Å². The molecule has 0 bridgehead atoms. The second-order valence-corrected chi connectivity index (χ2v) is 5.65. The number of allylic oxidation sites excluding steroid dienone is 1. The van der Waals surface area contributed by atoms with E-state index in [0.29, 0.717) is 4.59 Å². The van der Waals surface area contributed by atoms with Crippen LogP contribution in [0.4, 0.5) is 0 Å². The van der Waals surface area contributed by atoms with E-state index in [0.717, 1.165) is 0 Å². The van der Waals surface area contributed by atoms with E-state index in [1.807, 2.05) is 11.3 Å². The molecule has 74 valence electrons. The first-order chi connectivity index (χ1) is 7.75. The first-order valence-corrected chi connectivity index (χ1v) is 6.44. The van der Waals surface area contributed by atoms with E-state index in [4.69, 9.17) is 0 Å². The molecule has 0 aliphatic heterocycles. The molecule has 1 aromatic carbocycles. The van der Waals surface area contributed by atoms with Crippen LogP contribution in [0.3, 0.4) is 0 Å². The minimum atomic E-state index is 0.536. The number of benzene rings is 1. The molecule has 16 heavy (non-hydrogen) atoms. The number of fused-ring (bicyclic) bond motifs is 1. The molecule has 1 aromatic heterocycles. The number of hydrogen-bond donors (Lipinski definition) is 0. The van der Waals surface area contributed by atoms with E-state index in [2.05, 4.69) is 67.1 Å². The molecule has 1 aliphatic carbocycles. The Morgan fingerprint density at radius 3 is 2.62 bits per heavy atom. The molecule has 0 amide bonds. The molecule has 0 fully saturated rings. The number of rotatable bonds is 1. The van der Waals surface area contributed by atoms with Gasteiger partial charge in [0.05, 0.1) is 0 Å². The summed E-state index contributed by atoms with van der Waals surface area (Å²) in [5, 5.41) is 0. The molecule has 3 rings (SSSR count). The Morgan fingerprint density at radius 2 is 1.94 bits per heavy atom. The van der Waals surface area contributed by atoms with Crippen molar-refractivity contribution in [3.05, 3.63) is 57.3 Å². The molecule has 0 nitrogen and oxygen atoms in total. The zero-order valence-electron chi connectivity index (χ0n) is 9.53. The molecule has 0 N–H and O–H groups in total. The third kappa shape index (κ3) is 1.60. The van der Waals surface area contributed by atoms with Gasteiger partial charge < -0.3 is 0 Å². The molecule has 1 atom stereocenters. The van der Waals surface area contributed by atoms with Crippen LogP contribution in [0.1, 0.15) is 25.5 Å². The van der Waals surface area contributed by atoms with Gasteiger partial charge >= 0.3 is 109 Å². The summed E-state index contributed by atoms with van der Waals surface area (Å²) < 4.78 is 0.536. The zero-order valence-corrected chi connectivity index (χ0v) is 10.3. The average Bonchev–Trinajstić information content (AvgIpc) is 2.84. The molecule has 0 radical (unpaired) electrons. The molecule has 1 unspecified atom stereocenters. The normalized spacial score (nSPS) is 18.4. The predicted molar refractivity (Wildman–Crippen MR) is 71.9 cm³/mol. The Labute approximate surface area is 109 Å². The van der Waals surface area contributed by atoms with Crippen molar-refractivity contribution in [1.29, 1.82) is 0 Å². The van der Waals surface area contributed by atoms with Crippen LogP contribution in [0.25, 0.3) is 11.6 Å². The van der Waals surface area contributed by atoms with E-state index in [1.54, 1.807) is 0 Å². The molecule has 2 heteroatoms. The fourth-order valence-corrected chi connectivity index (χ4v) is 3.34. The molecule has 1 aliphatic rings. The van der Waals surface area contributed by atoms with Crippen molar-refractivity contribution < 1.29 is 0 Å². The first kappa shape index (κ1) is 10.4. The van der Waals surface area contributed by atoms with Gasteiger partial charge in [-0.25, -0.2) is 0 Å². The van der Waals surface area contributed by atoms with Crippen molar-refractivity contribution in [2.75, 3.05) is 0 Å². The standard InChI is InChI=1S/C14H11S.Li/c1-10-6-7-14(15-10)13-8-11-4-2-3-5-12(11)9-13;/h2-9H,1H3;. The summed E-state index contributed by atoms with van der Waals surface area (Å²) in [7, 11) is 0. The van der Waals surface area contributed by atoms with Crippen LogP contribution in [0.5, 0.6) is 0 Å². The van der Waals surface area contributed by atoms with Gasteiger partial charge in [-0.15, -0.1) is 0 Å². The van der Waals surface area contributed by atoms with Gasteiger partial charge in [0.25, 0.3) is 0 Å². The van der Waals surface area contributed by atoms with Crippen molar-refractivity contribution in [2.45, 2.75) is 11.5 Å². The number of hydrogen-bond acceptors (Lipinski definition) is 1. The van der Waals surface area contributed by atoms with Crippen molar-refractivity contribution >= 4 is 40.7 Å². The van der Waals surface area contributed by atoms with Gasteiger partial charge in [0.1, 0.15) is 0 Å². The topological polar surface area (TPSA) is 0 Å². The summed E-state index contributed by atoms with van der Waals surface area (Å²) in [5.41, 5.74) is 4.32. The van der Waals surface area contributed by atoms with Gasteiger partial charge in [-0.3, -0.25) is 0 Å². The second-order valence-electron chi connectivity index (χ2n) is 4.36. The molecule has 2 aromatic rings. The van der Waals surface area contributed by atoms with Crippen LogP contribution in [0.15, 0.2) is 36.4 Å². The summed E-state index contributed by atoms with van der Waals surface area (Å²) in [4.78, 5) is 2.81. The minimum absolute atomic E-state index is 0.536. The quantitative estimate of drug-likeness (QED) is 0.638. The second kappa shape index (κ2) is 3.93. The third-order valence-electron chi connectivity index (χ3n) is 3.26. The summed E-state index contributed by atoms with van der Waals surface area (Å²) in [6.07, 6.45) is 2.34. The monoisotopic (exact) mass is 218 g/mol. The number of aryl methyl sites for hydroxylation is 1. The Balaban J connectivity index is 2.08. The predicted octanol–water partition coefficient (Wildman–Crippen LogP) is 3.82. The van der Waals surface area contributed by atoms with Gasteiger partial charge in [0.15, 0.2) is 0 Å². The van der Waals surface area contributed by atoms with Gasteiger partial charge in [0, 0.05) is 0 Å². The van der Waals surface area contributed by atoms with Crippen LogP contribution < -0.4 is 0 Å². The molecule has 1 heterocycles. The van der Waals surface area contributed by atoms with E-state index in [-0.39, 0.29) is 0 Å². The van der Waals surface area contributed by atoms with E-state index in [1.165, 1.54) is 26.5 Å². The number of thiophene rings is 1. The van der Waals surface area contributed by atoms with Gasteiger partial charge in [0.2, 0.25) is 0 Å². The SMILES string of the molecule is [Li][CH]1C(c2ccc(C)s2)=Cc2ccccc21. The van der Waals surface area contributed by atoms with Crippen LogP contribution in [0.2, 0.25) is 0 Å². The van der Waals surface area contributed by atoms with Crippen molar-refractivity contribution in [3.63, 3.8) is 0 Å². The Morgan fingerprint density at radius 1 is 1.12 bits per heavy atom. The maximum atomic E-state index is 2.34. The fraction of sp³-hybridized carbons (Fsp3) is 0.143. The Bertz CT molecular complexity index is 566. The fourth-order valence-electron chi connectivity index (χ4n) is 2.37. The van der Waals surface area contributed by atoms with Gasteiger partial charge in [-0.05, 0) is 0 Å². The van der Waals surface area contributed by atoms with E-state index in [9.17, 15) is 0 Å². The molecule has 0 spiro atoms. The molecule has 0 saturated heterocycles. The zero-order chi connectivity index (χ0) is 11.1. The third-order valence-corrected chi connectivity index (χ3v) is 4.31. The van der Waals surface area contributed by atoms with Crippen LogP contribution >= 0.6 is 11.3 Å². The average molecular weight is 218 g/mol. The molecular weight excluding hydrogens is 207 g/mol. The maximum absolute atomic E-state index is 2.34. The summed E-state index contributed by atoms with van der Waals surface area (Å²) in [6, 6.07) is 13.1. The van der Waals surface area contributed by atoms with E-state index < -0.39 is 0 Å². The van der Waals surface area contributed by atoms with Crippen LogP contribution in [-0.2, 0) is 0 Å². The Kier molecular flexibility index (Phi) is 2.56.